The van der Waals surface area contributed by atoms with Crippen molar-refractivity contribution in [1.82, 2.24) is 5.06 Å². The molecule has 6 atom stereocenters. The molecule has 0 bridgehead atoms. The fourth-order valence-electron chi connectivity index (χ4n) is 8.15. The number of halogens is 1. The summed E-state index contributed by atoms with van der Waals surface area (Å²) >= 11 is 2.01. The highest BCUT2D eigenvalue weighted by Crippen LogP contribution is 2.64. The lowest BCUT2D eigenvalue weighted by molar-refractivity contribution is -0.173. The fourth-order valence-corrected chi connectivity index (χ4v) is 8.77. The van der Waals surface area contributed by atoms with E-state index in [0.717, 1.165) is 5.57 Å². The number of amides is 2. The van der Waals surface area contributed by atoms with Crippen LogP contribution in [0, 0.1) is 27.2 Å². The number of fused-ring (bicyclic) bond motifs is 4. The molecule has 0 aromatic heterocycles. The van der Waals surface area contributed by atoms with Gasteiger partial charge in [-0.25, -0.2) is 0 Å². The third kappa shape index (κ3) is 3.91. The minimum Gasteiger partial charge on any atom is -0.504 e. The summed E-state index contributed by atoms with van der Waals surface area (Å²) in [6.07, 6.45) is 3.74. The Kier molecular flexibility index (Phi) is 6.85. The number of aromatic hydroxyl groups is 1. The van der Waals surface area contributed by atoms with E-state index < -0.39 is 46.8 Å². The highest BCUT2D eigenvalue weighted by atomic mass is 127. The van der Waals surface area contributed by atoms with E-state index in [1.807, 2.05) is 77.2 Å². The van der Waals surface area contributed by atoms with Crippen molar-refractivity contribution in [3.05, 3.63) is 111 Å². The number of phenols is 1. The Morgan fingerprint density at radius 1 is 0.932 bits per heavy atom. The molecule has 9 heteroatoms. The molecule has 0 spiro atoms. The van der Waals surface area contributed by atoms with E-state index in [4.69, 9.17) is 4.74 Å². The van der Waals surface area contributed by atoms with E-state index in [-0.39, 0.29) is 41.0 Å². The Labute approximate surface area is 267 Å². The van der Waals surface area contributed by atoms with Gasteiger partial charge in [-0.2, -0.15) is 5.06 Å². The molecule has 2 fully saturated rings. The van der Waals surface area contributed by atoms with Gasteiger partial charge in [0, 0.05) is 17.4 Å². The van der Waals surface area contributed by atoms with Crippen LogP contribution >= 0.6 is 22.6 Å². The summed E-state index contributed by atoms with van der Waals surface area (Å²) < 4.78 is 6.03. The summed E-state index contributed by atoms with van der Waals surface area (Å²) in [5.41, 5.74) is 1.62. The van der Waals surface area contributed by atoms with E-state index in [1.54, 1.807) is 24.3 Å². The molecule has 2 amide bonds. The predicted molar refractivity (Wildman–Crippen MR) is 168 cm³/mol. The highest BCUT2D eigenvalue weighted by molar-refractivity contribution is 14.1. The Bertz CT molecular complexity index is 1800. The van der Waals surface area contributed by atoms with E-state index in [9.17, 15) is 29.5 Å². The van der Waals surface area contributed by atoms with Crippen molar-refractivity contribution < 1.29 is 34.2 Å². The lowest BCUT2D eigenvalue weighted by Gasteiger charge is -2.55. The summed E-state index contributed by atoms with van der Waals surface area (Å²) in [6.45, 7) is 0. The molecule has 0 radical (unpaired) electrons. The molecule has 8 nitrogen and oxygen atoms in total. The summed E-state index contributed by atoms with van der Waals surface area (Å²) in [5.74, 6) is -5.45. The van der Waals surface area contributed by atoms with Crippen LogP contribution in [0.3, 0.4) is 0 Å². The van der Waals surface area contributed by atoms with Crippen molar-refractivity contribution in [1.29, 1.82) is 0 Å². The fraction of sp³-hybridized carbons (Fsp3) is 0.257. The number of hydrogen-bond donors (Lipinski definition) is 2. The first-order valence-corrected chi connectivity index (χ1v) is 15.5. The van der Waals surface area contributed by atoms with Gasteiger partial charge in [0.25, 0.3) is 11.8 Å². The summed E-state index contributed by atoms with van der Waals surface area (Å²) in [7, 11) is 1.45. The molecule has 3 aliphatic carbocycles. The van der Waals surface area contributed by atoms with Gasteiger partial charge in [-0.15, -0.1) is 0 Å². The lowest BCUT2D eigenvalue weighted by atomic mass is 9.44. The first kappa shape index (κ1) is 28.7. The van der Waals surface area contributed by atoms with Crippen molar-refractivity contribution >= 4 is 51.5 Å². The first-order valence-electron chi connectivity index (χ1n) is 14.4. The zero-order valence-corrected chi connectivity index (χ0v) is 25.8. The predicted octanol–water partition coefficient (Wildman–Crippen LogP) is 5.22. The molecule has 7 rings (SSSR count). The Hall–Kier alpha value is -4.09. The molecule has 4 aliphatic rings. The number of Topliss-reactive ketones (excluding diaryl/α,β-unsaturated/α-hetero) is 1. The molecule has 3 aromatic rings. The Morgan fingerprint density at radius 3 is 2.30 bits per heavy atom. The van der Waals surface area contributed by atoms with Crippen LogP contribution in [0.2, 0.25) is 0 Å². The summed E-state index contributed by atoms with van der Waals surface area (Å²) in [6, 6.07) is 21.8. The van der Waals surface area contributed by atoms with Gasteiger partial charge in [-0.05, 0) is 76.2 Å². The molecule has 2 N–H and O–H groups in total. The standard InChI is InChI=1S/C35H28INO7/c1-44-27-15-19(14-26(36)32(27)40)30-21-12-13-22-29(34(42)37(43)33(22)41)24(21)16-25-31(39)23(18-8-4-2-5-9-18)17-28(38)35(25,30)20-10-6-3-7-11-20/h2-12,14-15,17,22,24-25,29-30,40,43H,13,16H2,1H3. The molecule has 44 heavy (non-hydrogen) atoms. The number of phenolic OH excluding ortho intramolecular Hbond substituents is 1. The number of hydrogen-bond acceptors (Lipinski definition) is 7. The number of benzene rings is 3. The molecule has 6 unspecified atom stereocenters. The topological polar surface area (TPSA) is 121 Å². The summed E-state index contributed by atoms with van der Waals surface area (Å²) in [5, 5.41) is 21.3. The second-order valence-corrected chi connectivity index (χ2v) is 13.0. The Balaban J connectivity index is 1.55. The molecule has 1 saturated carbocycles. The van der Waals surface area contributed by atoms with Gasteiger partial charge in [0.2, 0.25) is 0 Å². The number of rotatable bonds is 4. The van der Waals surface area contributed by atoms with Crippen LogP contribution < -0.4 is 4.74 Å². The number of hydroxylamine groups is 2. The van der Waals surface area contributed by atoms with Gasteiger partial charge in [0.05, 0.1) is 27.9 Å². The van der Waals surface area contributed by atoms with E-state index in [0.29, 0.717) is 25.8 Å². The van der Waals surface area contributed by atoms with Gasteiger partial charge >= 0.3 is 0 Å². The number of allylic oxidation sites excluding steroid dienone is 4. The number of ketones is 2. The van der Waals surface area contributed by atoms with E-state index in [1.165, 1.54) is 13.2 Å². The average Bonchev–Trinajstić information content (AvgIpc) is 3.27. The van der Waals surface area contributed by atoms with Gasteiger partial charge in [-0.3, -0.25) is 24.4 Å². The van der Waals surface area contributed by atoms with Crippen LogP contribution in [-0.2, 0) is 24.6 Å². The molecule has 1 heterocycles. The number of methoxy groups -OCH3 is 1. The van der Waals surface area contributed by atoms with E-state index in [2.05, 4.69) is 0 Å². The quantitative estimate of drug-likeness (QED) is 0.166. The van der Waals surface area contributed by atoms with Crippen molar-refractivity contribution in [3.63, 3.8) is 0 Å². The van der Waals surface area contributed by atoms with Crippen molar-refractivity contribution in [2.24, 2.45) is 23.7 Å². The maximum absolute atomic E-state index is 14.9. The Morgan fingerprint density at radius 2 is 1.61 bits per heavy atom. The maximum atomic E-state index is 14.9. The number of ether oxygens (including phenoxy) is 1. The lowest BCUT2D eigenvalue weighted by Crippen LogP contribution is -2.58. The van der Waals surface area contributed by atoms with Crippen LogP contribution in [-0.4, -0.2) is 45.9 Å². The second kappa shape index (κ2) is 10.5. The van der Waals surface area contributed by atoms with Crippen LogP contribution in [0.15, 0.2) is 90.5 Å². The minimum absolute atomic E-state index is 0.0444. The third-order valence-electron chi connectivity index (χ3n) is 9.96. The number of carbonyl (C=O) groups is 4. The number of imide groups is 1. The SMILES string of the molecule is COc1cc(C2C3=CCC4C(=O)N(O)C(=O)C4C3CC3C(=O)C(c4ccccc4)=CC(=O)C32c2ccccc2)cc(I)c1O. The van der Waals surface area contributed by atoms with Crippen LogP contribution in [0.25, 0.3) is 5.57 Å². The van der Waals surface area contributed by atoms with Gasteiger partial charge < -0.3 is 9.84 Å². The molecule has 222 valence electrons. The largest absolute Gasteiger partial charge is 0.504 e. The van der Waals surface area contributed by atoms with E-state index >= 15 is 0 Å². The van der Waals surface area contributed by atoms with Crippen LogP contribution in [0.1, 0.15) is 35.4 Å². The van der Waals surface area contributed by atoms with Crippen LogP contribution in [0.4, 0.5) is 0 Å². The van der Waals surface area contributed by atoms with Gasteiger partial charge in [-0.1, -0.05) is 72.3 Å². The third-order valence-corrected chi connectivity index (χ3v) is 10.8. The average molecular weight is 702 g/mol. The molecule has 1 aliphatic heterocycles. The normalized spacial score (nSPS) is 29.4. The summed E-state index contributed by atoms with van der Waals surface area (Å²) in [4.78, 5) is 56.0. The molecule has 3 aromatic carbocycles. The van der Waals surface area contributed by atoms with Crippen molar-refractivity contribution in [3.8, 4) is 11.5 Å². The number of nitrogens with zero attached hydrogens (tertiary/aromatic N) is 1. The smallest absolute Gasteiger partial charge is 0.257 e. The van der Waals surface area contributed by atoms with Crippen LogP contribution in [0.5, 0.6) is 11.5 Å². The molecular formula is C35H28INO7. The zero-order chi connectivity index (χ0) is 30.9. The molecular weight excluding hydrogens is 673 g/mol. The number of carbonyl (C=O) groups excluding carboxylic acids is 4. The van der Waals surface area contributed by atoms with Crippen molar-refractivity contribution in [2.45, 2.75) is 24.2 Å². The maximum Gasteiger partial charge on any atom is 0.257 e. The van der Waals surface area contributed by atoms with Crippen molar-refractivity contribution in [2.75, 3.05) is 7.11 Å². The zero-order valence-electron chi connectivity index (χ0n) is 23.6. The minimum atomic E-state index is -1.39. The van der Waals surface area contributed by atoms with Gasteiger partial charge in [0.15, 0.2) is 23.1 Å². The second-order valence-electron chi connectivity index (χ2n) is 11.8. The van der Waals surface area contributed by atoms with Gasteiger partial charge in [0.1, 0.15) is 0 Å². The monoisotopic (exact) mass is 701 g/mol. The molecule has 1 saturated heterocycles. The highest BCUT2D eigenvalue weighted by Gasteiger charge is 2.66. The first-order chi connectivity index (χ1) is 21.2.